The van der Waals surface area contributed by atoms with Crippen molar-refractivity contribution in [1.82, 2.24) is 15.1 Å². The van der Waals surface area contributed by atoms with Gasteiger partial charge in [0.15, 0.2) is 0 Å². The van der Waals surface area contributed by atoms with Gasteiger partial charge in [-0.3, -0.25) is 14.5 Å². The smallest absolute Gasteiger partial charge is 0.322 e. The van der Waals surface area contributed by atoms with Gasteiger partial charge >= 0.3 is 6.03 Å². The van der Waals surface area contributed by atoms with Crippen LogP contribution in [-0.4, -0.2) is 46.8 Å². The zero-order chi connectivity index (χ0) is 24.4. The Labute approximate surface area is 198 Å². The van der Waals surface area contributed by atoms with E-state index in [2.05, 4.69) is 10.6 Å². The molecule has 2 aromatic carbocycles. The van der Waals surface area contributed by atoms with Crippen molar-refractivity contribution in [1.29, 1.82) is 0 Å². The molecule has 2 aromatic rings. The number of rotatable bonds is 7. The number of likely N-dealkylation sites (N-methyl/N-ethyl adjacent to an activating group) is 1. The maximum Gasteiger partial charge on any atom is 0.322 e. The SMILES string of the molecule is CCN1C(=O)N[C@H](c2ccccc2)C2=C1CN([C@@H](CC(C)C)C(=O)Nc1ccc(F)cc1)C2=O. The fraction of sp³-hybridized carbons (Fsp3) is 0.346. The monoisotopic (exact) mass is 464 g/mol. The van der Waals surface area contributed by atoms with Crippen LogP contribution in [0.25, 0.3) is 0 Å². The first-order valence-electron chi connectivity index (χ1n) is 11.5. The molecular weight excluding hydrogens is 435 g/mol. The highest BCUT2D eigenvalue weighted by Crippen LogP contribution is 2.37. The molecule has 34 heavy (non-hydrogen) atoms. The highest BCUT2D eigenvalue weighted by Gasteiger charge is 2.46. The maximum absolute atomic E-state index is 13.8. The topological polar surface area (TPSA) is 81.8 Å². The number of benzene rings is 2. The molecule has 0 saturated heterocycles. The number of urea groups is 1. The highest BCUT2D eigenvalue weighted by molar-refractivity contribution is 6.05. The van der Waals surface area contributed by atoms with E-state index in [0.29, 0.717) is 29.9 Å². The fourth-order valence-corrected chi connectivity index (χ4v) is 4.58. The molecule has 8 heteroatoms. The molecule has 0 radical (unpaired) electrons. The van der Waals surface area contributed by atoms with E-state index >= 15 is 0 Å². The second kappa shape index (κ2) is 9.67. The average molecular weight is 465 g/mol. The van der Waals surface area contributed by atoms with E-state index < -0.39 is 17.9 Å². The fourth-order valence-electron chi connectivity index (χ4n) is 4.58. The van der Waals surface area contributed by atoms with Crippen LogP contribution < -0.4 is 10.6 Å². The summed E-state index contributed by atoms with van der Waals surface area (Å²) in [6.07, 6.45) is 0.447. The van der Waals surface area contributed by atoms with Crippen LogP contribution >= 0.6 is 0 Å². The zero-order valence-corrected chi connectivity index (χ0v) is 19.5. The average Bonchev–Trinajstić information content (AvgIpc) is 3.15. The van der Waals surface area contributed by atoms with Crippen LogP contribution in [0.15, 0.2) is 65.9 Å². The van der Waals surface area contributed by atoms with Gasteiger partial charge in [0.2, 0.25) is 5.91 Å². The van der Waals surface area contributed by atoms with Crippen LogP contribution in [0.4, 0.5) is 14.9 Å². The molecule has 0 unspecified atom stereocenters. The van der Waals surface area contributed by atoms with Gasteiger partial charge < -0.3 is 15.5 Å². The molecule has 4 rings (SSSR count). The molecular formula is C26H29FN4O3. The van der Waals surface area contributed by atoms with Gasteiger partial charge in [-0.2, -0.15) is 0 Å². The summed E-state index contributed by atoms with van der Waals surface area (Å²) >= 11 is 0. The summed E-state index contributed by atoms with van der Waals surface area (Å²) in [6, 6.07) is 13.3. The predicted molar refractivity (Wildman–Crippen MR) is 127 cm³/mol. The molecule has 7 nitrogen and oxygen atoms in total. The molecule has 0 bridgehead atoms. The predicted octanol–water partition coefficient (Wildman–Crippen LogP) is 4.06. The van der Waals surface area contributed by atoms with Crippen LogP contribution in [0.3, 0.4) is 0 Å². The Morgan fingerprint density at radius 2 is 1.79 bits per heavy atom. The summed E-state index contributed by atoms with van der Waals surface area (Å²) in [6.45, 7) is 6.41. The van der Waals surface area contributed by atoms with Crippen molar-refractivity contribution >= 4 is 23.5 Å². The van der Waals surface area contributed by atoms with Gasteiger partial charge in [-0.05, 0) is 49.1 Å². The molecule has 0 aromatic heterocycles. The van der Waals surface area contributed by atoms with E-state index in [-0.39, 0.29) is 30.3 Å². The first-order valence-corrected chi connectivity index (χ1v) is 11.5. The lowest BCUT2D eigenvalue weighted by molar-refractivity contribution is -0.134. The molecule has 4 amide bonds. The Bertz CT molecular complexity index is 1110. The minimum absolute atomic E-state index is 0.140. The Morgan fingerprint density at radius 1 is 1.12 bits per heavy atom. The summed E-state index contributed by atoms with van der Waals surface area (Å²) in [7, 11) is 0. The normalized spacial score (nSPS) is 18.8. The van der Waals surface area contributed by atoms with Crippen LogP contribution in [0, 0.1) is 11.7 Å². The summed E-state index contributed by atoms with van der Waals surface area (Å²) in [5, 5.41) is 5.77. The van der Waals surface area contributed by atoms with Crippen molar-refractivity contribution in [2.45, 2.75) is 39.3 Å². The second-order valence-corrected chi connectivity index (χ2v) is 8.97. The summed E-state index contributed by atoms with van der Waals surface area (Å²) in [5.74, 6) is -0.859. The van der Waals surface area contributed by atoms with E-state index in [0.717, 1.165) is 5.56 Å². The third-order valence-electron chi connectivity index (χ3n) is 6.18. The van der Waals surface area contributed by atoms with Gasteiger partial charge in [0.25, 0.3) is 5.91 Å². The number of hydrogen-bond acceptors (Lipinski definition) is 3. The number of carbonyl (C=O) groups is 3. The van der Waals surface area contributed by atoms with Crippen LogP contribution in [0.5, 0.6) is 0 Å². The van der Waals surface area contributed by atoms with Crippen molar-refractivity contribution < 1.29 is 18.8 Å². The number of carbonyl (C=O) groups excluding carboxylic acids is 3. The standard InChI is InChI=1S/C26H29FN4O3/c1-4-30-21-15-31(20(14-16(2)3)24(32)28-19-12-10-18(27)11-13-19)25(33)22(21)23(29-26(30)34)17-8-6-5-7-9-17/h5-13,16,20,23H,4,14-15H2,1-3H3,(H,28,32)(H,29,34)/t20-,23+/m0/s1. The molecule has 2 N–H and O–H groups in total. The quantitative estimate of drug-likeness (QED) is 0.648. The van der Waals surface area contributed by atoms with Crippen LogP contribution in [0.2, 0.25) is 0 Å². The van der Waals surface area contributed by atoms with Crippen molar-refractivity contribution in [3.05, 3.63) is 77.2 Å². The van der Waals surface area contributed by atoms with E-state index in [1.54, 1.807) is 9.80 Å². The number of amides is 4. The molecule has 0 fully saturated rings. The number of anilines is 1. The lowest BCUT2D eigenvalue weighted by Crippen LogP contribution is -2.47. The Kier molecular flexibility index (Phi) is 6.68. The zero-order valence-electron chi connectivity index (χ0n) is 19.5. The molecule has 178 valence electrons. The van der Waals surface area contributed by atoms with Gasteiger partial charge in [-0.15, -0.1) is 0 Å². The summed E-state index contributed by atoms with van der Waals surface area (Å²) in [5.41, 5.74) is 2.40. The van der Waals surface area contributed by atoms with Crippen LogP contribution in [0.1, 0.15) is 38.8 Å². The van der Waals surface area contributed by atoms with Gasteiger partial charge in [-0.1, -0.05) is 44.2 Å². The van der Waals surface area contributed by atoms with E-state index in [9.17, 15) is 18.8 Å². The number of halogens is 1. The van der Waals surface area contributed by atoms with Crippen molar-refractivity contribution in [3.8, 4) is 0 Å². The minimum atomic E-state index is -0.742. The van der Waals surface area contributed by atoms with Gasteiger partial charge in [-0.25, -0.2) is 9.18 Å². The van der Waals surface area contributed by atoms with Crippen molar-refractivity contribution in [3.63, 3.8) is 0 Å². The largest absolute Gasteiger partial charge is 0.326 e. The Balaban J connectivity index is 1.67. The lowest BCUT2D eigenvalue weighted by Gasteiger charge is -2.32. The number of nitrogens with zero attached hydrogens (tertiary/aromatic N) is 2. The first kappa shape index (κ1) is 23.5. The molecule has 0 saturated carbocycles. The van der Waals surface area contributed by atoms with Gasteiger partial charge in [0, 0.05) is 12.2 Å². The Hall–Kier alpha value is -3.68. The third-order valence-corrected chi connectivity index (χ3v) is 6.18. The summed E-state index contributed by atoms with van der Waals surface area (Å²) < 4.78 is 13.3. The molecule has 2 atom stereocenters. The minimum Gasteiger partial charge on any atom is -0.326 e. The second-order valence-electron chi connectivity index (χ2n) is 8.97. The first-order chi connectivity index (χ1) is 16.3. The Morgan fingerprint density at radius 3 is 2.41 bits per heavy atom. The van der Waals surface area contributed by atoms with Crippen LogP contribution in [-0.2, 0) is 9.59 Å². The number of hydrogen-bond donors (Lipinski definition) is 2. The summed E-state index contributed by atoms with van der Waals surface area (Å²) in [4.78, 5) is 43.1. The molecule has 2 aliphatic rings. The highest BCUT2D eigenvalue weighted by atomic mass is 19.1. The molecule has 0 spiro atoms. The number of nitrogens with one attached hydrogen (secondary N) is 2. The van der Waals surface area contributed by atoms with Gasteiger partial charge in [0.05, 0.1) is 23.9 Å². The molecule has 2 heterocycles. The van der Waals surface area contributed by atoms with Crippen molar-refractivity contribution in [2.75, 3.05) is 18.4 Å². The van der Waals surface area contributed by atoms with E-state index in [1.807, 2.05) is 51.1 Å². The van der Waals surface area contributed by atoms with E-state index in [4.69, 9.17) is 0 Å². The lowest BCUT2D eigenvalue weighted by atomic mass is 9.95. The maximum atomic E-state index is 13.8. The van der Waals surface area contributed by atoms with Crippen molar-refractivity contribution in [2.24, 2.45) is 5.92 Å². The third kappa shape index (κ3) is 4.53. The molecule has 0 aliphatic carbocycles. The van der Waals surface area contributed by atoms with Gasteiger partial charge in [0.1, 0.15) is 11.9 Å². The van der Waals surface area contributed by atoms with E-state index in [1.165, 1.54) is 24.3 Å². The molecule has 2 aliphatic heterocycles.